The molecule has 144 valence electrons. The van der Waals surface area contributed by atoms with Gasteiger partial charge in [0.1, 0.15) is 5.75 Å². The number of aromatic nitrogens is 2. The molecule has 1 aromatic heterocycles. The summed E-state index contributed by atoms with van der Waals surface area (Å²) in [4.78, 5) is 8.61. The molecule has 2 aromatic rings. The van der Waals surface area contributed by atoms with Crippen molar-refractivity contribution in [1.29, 1.82) is 0 Å². The molecule has 2 rings (SSSR count). The predicted molar refractivity (Wildman–Crippen MR) is 113 cm³/mol. The number of aliphatic imine (C=N–C) groups is 1. The van der Waals surface area contributed by atoms with Gasteiger partial charge in [-0.1, -0.05) is 44.1 Å². The molecule has 0 radical (unpaired) electrons. The predicted octanol–water partition coefficient (Wildman–Crippen LogP) is 2.90. The standard InChI is InChI=1S/C18H27N5O2.HI/c1-18(2,3)16-22-15(23-25-16)12-21-17(19-4)20-11-10-13-8-6-7-9-14(13)24-5;/h6-9H,10-12H2,1-5H3,(H2,19,20,21);1H. The van der Waals surface area contributed by atoms with Crippen LogP contribution in [0.5, 0.6) is 5.75 Å². The van der Waals surface area contributed by atoms with Crippen LogP contribution in [-0.2, 0) is 18.4 Å². The first-order valence-corrected chi connectivity index (χ1v) is 8.33. The number of hydrogen-bond donors (Lipinski definition) is 2. The van der Waals surface area contributed by atoms with E-state index in [1.165, 1.54) is 0 Å². The van der Waals surface area contributed by atoms with Gasteiger partial charge in [0.25, 0.3) is 0 Å². The molecule has 0 amide bonds. The Morgan fingerprint density at radius 2 is 1.96 bits per heavy atom. The van der Waals surface area contributed by atoms with E-state index in [-0.39, 0.29) is 29.4 Å². The maximum atomic E-state index is 5.36. The van der Waals surface area contributed by atoms with Crippen LogP contribution in [0.2, 0.25) is 0 Å². The van der Waals surface area contributed by atoms with E-state index in [1.807, 2.05) is 39.0 Å². The number of methoxy groups -OCH3 is 1. The lowest BCUT2D eigenvalue weighted by Gasteiger charge is -2.12. The molecule has 0 aliphatic heterocycles. The van der Waals surface area contributed by atoms with E-state index in [1.54, 1.807) is 14.2 Å². The number of benzene rings is 1. The van der Waals surface area contributed by atoms with Crippen molar-refractivity contribution in [1.82, 2.24) is 20.8 Å². The molecule has 0 aliphatic carbocycles. The van der Waals surface area contributed by atoms with Crippen LogP contribution in [0.4, 0.5) is 0 Å². The first-order chi connectivity index (χ1) is 11.9. The van der Waals surface area contributed by atoms with Crippen molar-refractivity contribution < 1.29 is 9.26 Å². The number of nitrogens with one attached hydrogen (secondary N) is 2. The fourth-order valence-electron chi connectivity index (χ4n) is 2.24. The van der Waals surface area contributed by atoms with Crippen LogP contribution in [0.3, 0.4) is 0 Å². The lowest BCUT2D eigenvalue weighted by molar-refractivity contribution is 0.318. The summed E-state index contributed by atoms with van der Waals surface area (Å²) in [5.41, 5.74) is 1.00. The van der Waals surface area contributed by atoms with Crippen LogP contribution in [0.1, 0.15) is 38.0 Å². The van der Waals surface area contributed by atoms with E-state index >= 15 is 0 Å². The van der Waals surface area contributed by atoms with Crippen molar-refractivity contribution in [3.63, 3.8) is 0 Å². The molecule has 7 nitrogen and oxygen atoms in total. The lowest BCUT2D eigenvalue weighted by atomic mass is 9.97. The van der Waals surface area contributed by atoms with Gasteiger partial charge in [0.15, 0.2) is 11.8 Å². The smallest absolute Gasteiger partial charge is 0.232 e. The maximum Gasteiger partial charge on any atom is 0.232 e. The zero-order chi connectivity index (χ0) is 18.3. The topological polar surface area (TPSA) is 84.6 Å². The van der Waals surface area contributed by atoms with Crippen molar-refractivity contribution in [2.24, 2.45) is 4.99 Å². The van der Waals surface area contributed by atoms with Crippen LogP contribution in [0.25, 0.3) is 0 Å². The highest BCUT2D eigenvalue weighted by Gasteiger charge is 2.21. The molecule has 0 saturated carbocycles. The van der Waals surface area contributed by atoms with Gasteiger partial charge >= 0.3 is 0 Å². The molecule has 0 fully saturated rings. The van der Waals surface area contributed by atoms with Gasteiger partial charge in [0.05, 0.1) is 13.7 Å². The summed E-state index contributed by atoms with van der Waals surface area (Å²) >= 11 is 0. The van der Waals surface area contributed by atoms with E-state index < -0.39 is 0 Å². The average molecular weight is 473 g/mol. The average Bonchev–Trinajstić information content (AvgIpc) is 3.07. The molecule has 0 aliphatic rings. The summed E-state index contributed by atoms with van der Waals surface area (Å²) in [6.45, 7) is 7.30. The van der Waals surface area contributed by atoms with Crippen LogP contribution >= 0.6 is 24.0 Å². The minimum atomic E-state index is -0.153. The van der Waals surface area contributed by atoms with Gasteiger partial charge in [0.2, 0.25) is 5.89 Å². The van der Waals surface area contributed by atoms with Crippen molar-refractivity contribution in [2.45, 2.75) is 39.2 Å². The van der Waals surface area contributed by atoms with Crippen molar-refractivity contribution in [3.8, 4) is 5.75 Å². The number of guanidine groups is 1. The van der Waals surface area contributed by atoms with Gasteiger partial charge in [0, 0.05) is 19.0 Å². The van der Waals surface area contributed by atoms with E-state index in [2.05, 4.69) is 31.8 Å². The molecular weight excluding hydrogens is 445 g/mol. The Morgan fingerprint density at radius 3 is 2.58 bits per heavy atom. The zero-order valence-corrected chi connectivity index (χ0v) is 18.3. The van der Waals surface area contributed by atoms with Gasteiger partial charge in [-0.3, -0.25) is 4.99 Å². The third-order valence-corrected chi connectivity index (χ3v) is 3.63. The second kappa shape index (κ2) is 10.3. The SMILES string of the molecule is CN=C(NCCc1ccccc1OC)NCc1noc(C(C)(C)C)n1.I. The molecule has 26 heavy (non-hydrogen) atoms. The van der Waals surface area contributed by atoms with Crippen LogP contribution in [-0.4, -0.2) is 36.8 Å². The van der Waals surface area contributed by atoms with Gasteiger partial charge in [-0.2, -0.15) is 4.98 Å². The lowest BCUT2D eigenvalue weighted by Crippen LogP contribution is -2.38. The number of hydrogen-bond acceptors (Lipinski definition) is 5. The quantitative estimate of drug-likeness (QED) is 0.382. The molecule has 0 unspecified atom stereocenters. The van der Waals surface area contributed by atoms with Crippen LogP contribution in [0, 0.1) is 0 Å². The summed E-state index contributed by atoms with van der Waals surface area (Å²) in [6, 6.07) is 8.00. The molecule has 2 N–H and O–H groups in total. The Labute approximate surface area is 172 Å². The van der Waals surface area contributed by atoms with E-state index in [0.717, 1.165) is 24.3 Å². The molecule has 1 heterocycles. The van der Waals surface area contributed by atoms with Crippen molar-refractivity contribution in [2.75, 3.05) is 20.7 Å². The number of para-hydroxylation sites is 1. The second-order valence-corrected chi connectivity index (χ2v) is 6.68. The molecule has 0 spiro atoms. The zero-order valence-electron chi connectivity index (χ0n) is 16.0. The second-order valence-electron chi connectivity index (χ2n) is 6.68. The Kier molecular flexibility index (Phi) is 8.83. The summed E-state index contributed by atoms with van der Waals surface area (Å²) in [7, 11) is 3.42. The van der Waals surface area contributed by atoms with Gasteiger partial charge in [-0.15, -0.1) is 24.0 Å². The monoisotopic (exact) mass is 473 g/mol. The Bertz CT molecular complexity index is 710. The Morgan fingerprint density at radius 1 is 1.23 bits per heavy atom. The van der Waals surface area contributed by atoms with Gasteiger partial charge in [-0.25, -0.2) is 0 Å². The van der Waals surface area contributed by atoms with Crippen molar-refractivity contribution in [3.05, 3.63) is 41.5 Å². The molecule has 0 atom stereocenters. The molecule has 8 heteroatoms. The summed E-state index contributed by atoms with van der Waals surface area (Å²) < 4.78 is 10.6. The van der Waals surface area contributed by atoms with Gasteiger partial charge < -0.3 is 19.9 Å². The summed E-state index contributed by atoms with van der Waals surface area (Å²) in [5, 5.41) is 10.5. The van der Waals surface area contributed by atoms with E-state index in [0.29, 0.717) is 24.2 Å². The third-order valence-electron chi connectivity index (χ3n) is 3.63. The molecular formula is C18H28IN5O2. The number of nitrogens with zero attached hydrogens (tertiary/aromatic N) is 3. The molecule has 0 bridgehead atoms. The Hall–Kier alpha value is -1.84. The normalized spacial score (nSPS) is 11.7. The summed E-state index contributed by atoms with van der Waals surface area (Å²) in [5.74, 6) is 2.83. The summed E-state index contributed by atoms with van der Waals surface area (Å²) in [6.07, 6.45) is 0.834. The largest absolute Gasteiger partial charge is 0.496 e. The maximum absolute atomic E-state index is 5.36. The minimum Gasteiger partial charge on any atom is -0.496 e. The Balaban J connectivity index is 0.00000338. The van der Waals surface area contributed by atoms with Crippen LogP contribution < -0.4 is 15.4 Å². The molecule has 0 saturated heterocycles. The number of halogens is 1. The highest BCUT2D eigenvalue weighted by Crippen LogP contribution is 2.19. The van der Waals surface area contributed by atoms with Gasteiger partial charge in [-0.05, 0) is 18.1 Å². The van der Waals surface area contributed by atoms with Crippen molar-refractivity contribution >= 4 is 29.9 Å². The van der Waals surface area contributed by atoms with E-state index in [9.17, 15) is 0 Å². The fourth-order valence-corrected chi connectivity index (χ4v) is 2.24. The van der Waals surface area contributed by atoms with E-state index in [4.69, 9.17) is 9.26 Å². The number of rotatable bonds is 6. The molecule has 1 aromatic carbocycles. The highest BCUT2D eigenvalue weighted by atomic mass is 127. The first kappa shape index (κ1) is 22.2. The highest BCUT2D eigenvalue weighted by molar-refractivity contribution is 14.0. The number of ether oxygens (including phenoxy) is 1. The van der Waals surface area contributed by atoms with Crippen LogP contribution in [0.15, 0.2) is 33.8 Å². The minimum absolute atomic E-state index is 0. The first-order valence-electron chi connectivity index (χ1n) is 8.33. The third kappa shape index (κ3) is 6.47. The fraction of sp³-hybridized carbons (Fsp3) is 0.500.